The molecule has 0 saturated heterocycles. The summed E-state index contributed by atoms with van der Waals surface area (Å²) in [6.45, 7) is -0.519. The van der Waals surface area contributed by atoms with E-state index in [0.29, 0.717) is 16.7 Å². The number of halogens is 1. The van der Waals surface area contributed by atoms with Gasteiger partial charge in [0.1, 0.15) is 18.2 Å². The SMILES string of the molecule is O=C(O)[C@@H](CO)Nc1ncnc2ccc(Br)cc12. The van der Waals surface area contributed by atoms with Crippen LogP contribution in [0.4, 0.5) is 5.82 Å². The number of fused-ring (bicyclic) bond motifs is 1. The highest BCUT2D eigenvalue weighted by atomic mass is 79.9. The topological polar surface area (TPSA) is 95.3 Å². The number of benzene rings is 1. The second kappa shape index (κ2) is 5.28. The van der Waals surface area contributed by atoms with Crippen LogP contribution in [-0.2, 0) is 4.79 Å². The van der Waals surface area contributed by atoms with Gasteiger partial charge in [-0.3, -0.25) is 0 Å². The smallest absolute Gasteiger partial charge is 0.328 e. The zero-order chi connectivity index (χ0) is 13.1. The Hall–Kier alpha value is -1.73. The molecular weight excluding hydrogens is 302 g/mol. The number of nitrogens with one attached hydrogen (secondary N) is 1. The van der Waals surface area contributed by atoms with E-state index < -0.39 is 18.6 Å². The van der Waals surface area contributed by atoms with Crippen LogP contribution in [-0.4, -0.2) is 38.8 Å². The molecule has 0 saturated carbocycles. The normalized spacial score (nSPS) is 12.3. The van der Waals surface area contributed by atoms with E-state index in [0.717, 1.165) is 4.47 Å². The molecule has 1 aromatic carbocycles. The van der Waals surface area contributed by atoms with Gasteiger partial charge in [-0.2, -0.15) is 0 Å². The van der Waals surface area contributed by atoms with E-state index in [1.54, 1.807) is 12.1 Å². The van der Waals surface area contributed by atoms with Gasteiger partial charge in [-0.1, -0.05) is 15.9 Å². The summed E-state index contributed by atoms with van der Waals surface area (Å²) in [6.07, 6.45) is 1.34. The van der Waals surface area contributed by atoms with Gasteiger partial charge < -0.3 is 15.5 Å². The summed E-state index contributed by atoms with van der Waals surface area (Å²) in [7, 11) is 0. The van der Waals surface area contributed by atoms with E-state index in [1.807, 2.05) is 6.07 Å². The zero-order valence-electron chi connectivity index (χ0n) is 9.17. The quantitative estimate of drug-likeness (QED) is 0.786. The number of nitrogens with zero attached hydrogens (tertiary/aromatic N) is 2. The summed E-state index contributed by atoms with van der Waals surface area (Å²) in [6, 6.07) is 4.32. The first-order chi connectivity index (χ1) is 8.61. The second-order valence-corrected chi connectivity index (χ2v) is 4.52. The average Bonchev–Trinajstić information content (AvgIpc) is 2.35. The molecule has 0 aliphatic heterocycles. The molecule has 1 atom stereocenters. The molecule has 1 heterocycles. The molecule has 2 aromatic rings. The van der Waals surface area contributed by atoms with Crippen LogP contribution in [0.2, 0.25) is 0 Å². The molecule has 6 nitrogen and oxygen atoms in total. The van der Waals surface area contributed by atoms with Gasteiger partial charge in [-0.25, -0.2) is 14.8 Å². The lowest BCUT2D eigenvalue weighted by Crippen LogP contribution is -2.33. The van der Waals surface area contributed by atoms with Crippen molar-refractivity contribution in [1.82, 2.24) is 9.97 Å². The molecule has 1 aromatic heterocycles. The van der Waals surface area contributed by atoms with Crippen molar-refractivity contribution >= 4 is 38.6 Å². The fourth-order valence-corrected chi connectivity index (χ4v) is 1.86. The van der Waals surface area contributed by atoms with Gasteiger partial charge in [0.05, 0.1) is 12.1 Å². The number of aromatic nitrogens is 2. The van der Waals surface area contributed by atoms with Crippen molar-refractivity contribution in [2.45, 2.75) is 6.04 Å². The number of aliphatic hydroxyl groups excluding tert-OH is 1. The molecule has 94 valence electrons. The summed E-state index contributed by atoms with van der Waals surface area (Å²) >= 11 is 3.33. The van der Waals surface area contributed by atoms with E-state index in [2.05, 4.69) is 31.2 Å². The van der Waals surface area contributed by atoms with Crippen LogP contribution in [0.1, 0.15) is 0 Å². The largest absolute Gasteiger partial charge is 0.480 e. The Morgan fingerprint density at radius 3 is 2.89 bits per heavy atom. The average molecular weight is 312 g/mol. The predicted octanol–water partition coefficient (Wildman–Crippen LogP) is 1.25. The van der Waals surface area contributed by atoms with Crippen molar-refractivity contribution in [3.63, 3.8) is 0 Å². The standard InChI is InChI=1S/C11H10BrN3O3/c12-6-1-2-8-7(3-6)10(14-5-13-8)15-9(4-16)11(17)18/h1-3,5,9,16H,4H2,(H,17,18)(H,13,14,15)/t9-/m1/s1. The second-order valence-electron chi connectivity index (χ2n) is 3.60. The van der Waals surface area contributed by atoms with Crippen molar-refractivity contribution in [1.29, 1.82) is 0 Å². The van der Waals surface area contributed by atoms with Gasteiger partial charge in [0.25, 0.3) is 0 Å². The maximum absolute atomic E-state index is 10.9. The van der Waals surface area contributed by atoms with E-state index in [-0.39, 0.29) is 0 Å². The molecule has 0 spiro atoms. The minimum atomic E-state index is -1.14. The summed E-state index contributed by atoms with van der Waals surface area (Å²) in [5, 5.41) is 21.2. The molecule has 0 aliphatic rings. The lowest BCUT2D eigenvalue weighted by Gasteiger charge is -2.13. The number of carboxylic acid groups (broad SMARTS) is 1. The molecule has 3 N–H and O–H groups in total. The molecule has 0 amide bonds. The molecule has 0 radical (unpaired) electrons. The molecule has 7 heteroatoms. The minimum Gasteiger partial charge on any atom is -0.480 e. The fourth-order valence-electron chi connectivity index (χ4n) is 1.49. The highest BCUT2D eigenvalue weighted by molar-refractivity contribution is 9.10. The van der Waals surface area contributed by atoms with Crippen LogP contribution in [0.15, 0.2) is 29.0 Å². The maximum Gasteiger partial charge on any atom is 0.328 e. The van der Waals surface area contributed by atoms with Crippen molar-refractivity contribution in [3.8, 4) is 0 Å². The van der Waals surface area contributed by atoms with Gasteiger partial charge in [-0.15, -0.1) is 0 Å². The Labute approximate surface area is 111 Å². The van der Waals surface area contributed by atoms with E-state index in [4.69, 9.17) is 10.2 Å². The highest BCUT2D eigenvalue weighted by Crippen LogP contribution is 2.23. The van der Waals surface area contributed by atoms with E-state index in [9.17, 15) is 4.79 Å². The van der Waals surface area contributed by atoms with Gasteiger partial charge in [0, 0.05) is 9.86 Å². The minimum absolute atomic E-state index is 0.378. The number of hydrogen-bond donors (Lipinski definition) is 3. The van der Waals surface area contributed by atoms with E-state index in [1.165, 1.54) is 6.33 Å². The van der Waals surface area contributed by atoms with Crippen LogP contribution in [0.3, 0.4) is 0 Å². The number of anilines is 1. The van der Waals surface area contributed by atoms with Crippen LogP contribution >= 0.6 is 15.9 Å². The predicted molar refractivity (Wildman–Crippen MR) is 69.4 cm³/mol. The first-order valence-electron chi connectivity index (χ1n) is 5.12. The fraction of sp³-hybridized carbons (Fsp3) is 0.182. The molecule has 2 rings (SSSR count). The van der Waals surface area contributed by atoms with Crippen LogP contribution in [0.5, 0.6) is 0 Å². The monoisotopic (exact) mass is 311 g/mol. The van der Waals surface area contributed by atoms with Gasteiger partial charge in [0.15, 0.2) is 0 Å². The number of hydrogen-bond acceptors (Lipinski definition) is 5. The summed E-state index contributed by atoms with van der Waals surface area (Å²) in [5.41, 5.74) is 0.692. The summed E-state index contributed by atoms with van der Waals surface area (Å²) in [5.74, 6) is -0.762. The molecular formula is C11H10BrN3O3. The van der Waals surface area contributed by atoms with Crippen LogP contribution in [0.25, 0.3) is 10.9 Å². The van der Waals surface area contributed by atoms with E-state index >= 15 is 0 Å². The first-order valence-corrected chi connectivity index (χ1v) is 5.91. The van der Waals surface area contributed by atoms with Crippen molar-refractivity contribution in [2.75, 3.05) is 11.9 Å². The van der Waals surface area contributed by atoms with Crippen LogP contribution in [0, 0.1) is 0 Å². The van der Waals surface area contributed by atoms with Crippen molar-refractivity contribution in [2.24, 2.45) is 0 Å². The number of aliphatic carboxylic acids is 1. The third-order valence-electron chi connectivity index (χ3n) is 2.39. The Morgan fingerprint density at radius 2 is 2.22 bits per heavy atom. The van der Waals surface area contributed by atoms with Gasteiger partial charge in [0.2, 0.25) is 0 Å². The van der Waals surface area contributed by atoms with Crippen LogP contribution < -0.4 is 5.32 Å². The van der Waals surface area contributed by atoms with Crippen molar-refractivity contribution < 1.29 is 15.0 Å². The molecule has 0 unspecified atom stereocenters. The Bertz CT molecular complexity index is 591. The number of carbonyl (C=O) groups is 1. The summed E-state index contributed by atoms with van der Waals surface area (Å²) in [4.78, 5) is 18.9. The lowest BCUT2D eigenvalue weighted by molar-refractivity contribution is -0.138. The molecule has 0 fully saturated rings. The number of rotatable bonds is 4. The molecule has 0 aliphatic carbocycles. The summed E-state index contributed by atoms with van der Waals surface area (Å²) < 4.78 is 0.837. The molecule has 18 heavy (non-hydrogen) atoms. The van der Waals surface area contributed by atoms with Crippen molar-refractivity contribution in [3.05, 3.63) is 29.0 Å². The Morgan fingerprint density at radius 1 is 1.44 bits per heavy atom. The van der Waals surface area contributed by atoms with Gasteiger partial charge >= 0.3 is 5.97 Å². The third kappa shape index (κ3) is 2.57. The number of carboxylic acids is 1. The highest BCUT2D eigenvalue weighted by Gasteiger charge is 2.17. The maximum atomic E-state index is 10.9. The Kier molecular flexibility index (Phi) is 3.73. The molecule has 0 bridgehead atoms. The number of aliphatic hydroxyl groups is 1. The zero-order valence-corrected chi connectivity index (χ0v) is 10.8. The Balaban J connectivity index is 2.44. The third-order valence-corrected chi connectivity index (χ3v) is 2.88. The lowest BCUT2D eigenvalue weighted by atomic mass is 10.2. The first kappa shape index (κ1) is 12.7. The van der Waals surface area contributed by atoms with Gasteiger partial charge in [-0.05, 0) is 18.2 Å².